The fraction of sp³-hybridized carbons (Fsp3) is 0.345. The zero-order chi connectivity index (χ0) is 28.6. The van der Waals surface area contributed by atoms with E-state index in [0.29, 0.717) is 5.56 Å². The number of amides is 1. The third-order valence-electron chi connectivity index (χ3n) is 5.71. The van der Waals surface area contributed by atoms with Crippen molar-refractivity contribution in [2.24, 2.45) is 0 Å². The number of carbonyl (C=O) groups is 3. The molecule has 0 bridgehead atoms. The second-order valence-corrected chi connectivity index (χ2v) is 9.50. The molecule has 0 aliphatic rings. The normalized spacial score (nSPS) is 12.2. The van der Waals surface area contributed by atoms with E-state index in [0.717, 1.165) is 33.9 Å². The number of pyridine rings is 2. The van der Waals surface area contributed by atoms with E-state index in [-0.39, 0.29) is 25.4 Å². The molecule has 206 valence electrons. The fourth-order valence-corrected chi connectivity index (χ4v) is 4.16. The number of hydrogen-bond acceptors (Lipinski definition) is 9. The molecule has 1 amide bonds. The number of esters is 1. The van der Waals surface area contributed by atoms with Crippen LogP contribution in [0.4, 0.5) is 9.59 Å². The monoisotopic (exact) mass is 535 g/mol. The first kappa shape index (κ1) is 29.1. The van der Waals surface area contributed by atoms with E-state index in [1.54, 1.807) is 31.2 Å². The number of methoxy groups -OCH3 is 1. The molecule has 10 heteroatoms. The summed E-state index contributed by atoms with van der Waals surface area (Å²) in [4.78, 5) is 45.9. The number of ether oxygens (including phenoxy) is 4. The number of hydrogen-bond donors (Lipinski definition) is 1. The number of carbonyl (C=O) groups excluding carboxylic acids is 3. The first-order valence-corrected chi connectivity index (χ1v) is 12.3. The molecular weight excluding hydrogens is 502 g/mol. The van der Waals surface area contributed by atoms with E-state index in [9.17, 15) is 14.4 Å². The lowest BCUT2D eigenvalue weighted by atomic mass is 9.93. The van der Waals surface area contributed by atoms with Gasteiger partial charge in [-0.2, -0.15) is 0 Å². The Labute approximate surface area is 227 Å². The Bertz CT molecular complexity index is 1300. The van der Waals surface area contributed by atoms with E-state index >= 15 is 0 Å². The van der Waals surface area contributed by atoms with Gasteiger partial charge in [-0.05, 0) is 87.7 Å². The molecule has 0 aliphatic carbocycles. The van der Waals surface area contributed by atoms with Crippen molar-refractivity contribution in [1.82, 2.24) is 15.3 Å². The third kappa shape index (κ3) is 8.80. The zero-order valence-electron chi connectivity index (χ0n) is 23.0. The number of aryl methyl sites for hydroxylation is 4. The molecule has 39 heavy (non-hydrogen) atoms. The Balaban J connectivity index is 1.57. The summed E-state index contributed by atoms with van der Waals surface area (Å²) in [6.07, 6.45) is -1.51. The van der Waals surface area contributed by atoms with Crippen molar-refractivity contribution in [1.29, 1.82) is 0 Å². The molecule has 0 radical (unpaired) electrons. The van der Waals surface area contributed by atoms with Crippen LogP contribution in [-0.2, 0) is 38.6 Å². The number of aromatic nitrogens is 2. The van der Waals surface area contributed by atoms with Gasteiger partial charge in [0.1, 0.15) is 24.5 Å². The first-order valence-electron chi connectivity index (χ1n) is 12.3. The van der Waals surface area contributed by atoms with E-state index in [2.05, 4.69) is 15.3 Å². The van der Waals surface area contributed by atoms with Crippen LogP contribution in [0, 0.1) is 27.7 Å². The van der Waals surface area contributed by atoms with E-state index in [4.69, 9.17) is 18.9 Å². The molecule has 1 atom stereocenters. The highest BCUT2D eigenvalue weighted by Gasteiger charge is 2.37. The molecule has 0 saturated carbocycles. The van der Waals surface area contributed by atoms with Crippen molar-refractivity contribution in [3.63, 3.8) is 0 Å². The lowest BCUT2D eigenvalue weighted by Crippen LogP contribution is -2.54. The quantitative estimate of drug-likeness (QED) is 0.233. The lowest BCUT2D eigenvalue weighted by Gasteiger charge is -2.27. The molecule has 1 N–H and O–H groups in total. The Hall–Kier alpha value is -4.47. The molecule has 0 aliphatic heterocycles. The summed E-state index contributed by atoms with van der Waals surface area (Å²) in [5.41, 5.74) is 4.17. The summed E-state index contributed by atoms with van der Waals surface area (Å²) < 4.78 is 20.7. The highest BCUT2D eigenvalue weighted by Crippen LogP contribution is 2.20. The standard InChI is InChI=1S/C29H33N3O7/c1-18-11-23(12-19(2)30-18)16-37-27(34)32-29(5,26(33)36-6)15-22-7-9-25(10-8-22)39-28(35)38-17-24-13-20(3)31-21(4)14-24/h7-14H,15-17H2,1-6H3,(H,32,34)/t29-/m0/s1. The summed E-state index contributed by atoms with van der Waals surface area (Å²) in [5.74, 6) is -0.374. The highest BCUT2D eigenvalue weighted by molar-refractivity contribution is 5.85. The number of benzene rings is 1. The van der Waals surface area contributed by atoms with Crippen LogP contribution in [0.3, 0.4) is 0 Å². The Morgan fingerprint density at radius 1 is 0.769 bits per heavy atom. The maximum atomic E-state index is 12.6. The van der Waals surface area contributed by atoms with Gasteiger partial charge >= 0.3 is 18.2 Å². The average Bonchev–Trinajstić information content (AvgIpc) is 2.86. The van der Waals surface area contributed by atoms with Gasteiger partial charge in [0.2, 0.25) is 0 Å². The average molecular weight is 536 g/mol. The molecule has 3 aromatic rings. The van der Waals surface area contributed by atoms with E-state index in [1.165, 1.54) is 7.11 Å². The largest absolute Gasteiger partial charge is 0.514 e. The van der Waals surface area contributed by atoms with Crippen molar-refractivity contribution in [3.8, 4) is 5.75 Å². The van der Waals surface area contributed by atoms with Gasteiger partial charge in [-0.25, -0.2) is 14.4 Å². The second kappa shape index (κ2) is 12.9. The highest BCUT2D eigenvalue weighted by atomic mass is 16.7. The van der Waals surface area contributed by atoms with Crippen LogP contribution in [0.25, 0.3) is 0 Å². The van der Waals surface area contributed by atoms with Crippen molar-refractivity contribution < 1.29 is 33.3 Å². The van der Waals surface area contributed by atoms with Gasteiger partial charge in [-0.3, -0.25) is 9.97 Å². The van der Waals surface area contributed by atoms with Crippen LogP contribution in [-0.4, -0.2) is 40.8 Å². The van der Waals surface area contributed by atoms with Gasteiger partial charge in [0.25, 0.3) is 0 Å². The van der Waals surface area contributed by atoms with Crippen molar-refractivity contribution >= 4 is 18.2 Å². The van der Waals surface area contributed by atoms with Crippen LogP contribution in [0.1, 0.15) is 46.4 Å². The second-order valence-electron chi connectivity index (χ2n) is 9.50. The lowest BCUT2D eigenvalue weighted by molar-refractivity contribution is -0.147. The summed E-state index contributed by atoms with van der Waals surface area (Å²) in [6.45, 7) is 9.07. The van der Waals surface area contributed by atoms with E-state index < -0.39 is 23.8 Å². The molecule has 2 heterocycles. The van der Waals surface area contributed by atoms with Gasteiger partial charge in [0, 0.05) is 29.2 Å². The summed E-state index contributed by atoms with van der Waals surface area (Å²) in [6, 6.07) is 13.8. The van der Waals surface area contributed by atoms with Gasteiger partial charge < -0.3 is 24.3 Å². The minimum absolute atomic E-state index is 0.0236. The molecule has 3 rings (SSSR count). The number of alkyl carbamates (subject to hydrolysis) is 1. The molecule has 1 aromatic carbocycles. The zero-order valence-corrected chi connectivity index (χ0v) is 23.0. The van der Waals surface area contributed by atoms with Crippen LogP contribution in [0.15, 0.2) is 48.5 Å². The van der Waals surface area contributed by atoms with Gasteiger partial charge in [-0.15, -0.1) is 0 Å². The SMILES string of the molecule is COC(=O)[C@](C)(Cc1ccc(OC(=O)OCc2cc(C)nc(C)c2)cc1)NC(=O)OCc1cc(C)nc(C)c1. The van der Waals surface area contributed by atoms with Crippen molar-refractivity contribution in [3.05, 3.63) is 88.0 Å². The fourth-order valence-electron chi connectivity index (χ4n) is 4.16. The topological polar surface area (TPSA) is 126 Å². The van der Waals surface area contributed by atoms with Gasteiger partial charge in [0.05, 0.1) is 7.11 Å². The minimum atomic E-state index is -1.40. The minimum Gasteiger partial charge on any atom is -0.467 e. The van der Waals surface area contributed by atoms with Gasteiger partial charge in [0.15, 0.2) is 0 Å². The number of nitrogens with zero attached hydrogens (tertiary/aromatic N) is 2. The molecular formula is C29H33N3O7. The van der Waals surface area contributed by atoms with Crippen molar-refractivity contribution in [2.45, 2.75) is 59.8 Å². The molecule has 10 nitrogen and oxygen atoms in total. The van der Waals surface area contributed by atoms with Gasteiger partial charge in [-0.1, -0.05) is 12.1 Å². The first-order chi connectivity index (χ1) is 18.5. The summed E-state index contributed by atoms with van der Waals surface area (Å²) in [5, 5.41) is 2.62. The third-order valence-corrected chi connectivity index (χ3v) is 5.71. The molecule has 2 aromatic heterocycles. The smallest absolute Gasteiger partial charge is 0.467 e. The number of nitrogens with one attached hydrogen (secondary N) is 1. The van der Waals surface area contributed by atoms with Crippen LogP contribution in [0.2, 0.25) is 0 Å². The Morgan fingerprint density at radius 3 is 1.74 bits per heavy atom. The summed E-state index contributed by atoms with van der Waals surface area (Å²) >= 11 is 0. The predicted octanol–water partition coefficient (Wildman–Crippen LogP) is 4.83. The summed E-state index contributed by atoms with van der Waals surface area (Å²) in [7, 11) is 1.24. The maximum absolute atomic E-state index is 12.6. The van der Waals surface area contributed by atoms with Crippen LogP contribution in [0.5, 0.6) is 5.75 Å². The van der Waals surface area contributed by atoms with Crippen LogP contribution < -0.4 is 10.1 Å². The number of rotatable bonds is 9. The molecule has 0 unspecified atom stereocenters. The van der Waals surface area contributed by atoms with Crippen molar-refractivity contribution in [2.75, 3.05) is 7.11 Å². The Morgan fingerprint density at radius 2 is 1.26 bits per heavy atom. The van der Waals surface area contributed by atoms with Crippen LogP contribution >= 0.6 is 0 Å². The molecule has 0 spiro atoms. The molecule has 0 fully saturated rings. The Kier molecular flexibility index (Phi) is 9.59. The maximum Gasteiger partial charge on any atom is 0.514 e. The van der Waals surface area contributed by atoms with E-state index in [1.807, 2.05) is 52.0 Å². The predicted molar refractivity (Wildman–Crippen MR) is 142 cm³/mol. The molecule has 0 saturated heterocycles.